The quantitative estimate of drug-likeness (QED) is 0.783. The van der Waals surface area contributed by atoms with Crippen LogP contribution in [0.1, 0.15) is 18.2 Å². The van der Waals surface area contributed by atoms with E-state index in [0.29, 0.717) is 23.0 Å². The molecule has 0 saturated heterocycles. The minimum absolute atomic E-state index is 0.596. The molecule has 7 heteroatoms. The van der Waals surface area contributed by atoms with Crippen LogP contribution < -0.4 is 10.1 Å². The van der Waals surface area contributed by atoms with Crippen LogP contribution >= 0.6 is 11.6 Å². The van der Waals surface area contributed by atoms with Crippen molar-refractivity contribution in [1.29, 1.82) is 0 Å². The predicted molar refractivity (Wildman–Crippen MR) is 85.5 cm³/mol. The fraction of sp³-hybridized carbons (Fsp3) is 0.267. The number of aromatic nitrogens is 4. The highest BCUT2D eigenvalue weighted by Gasteiger charge is 2.08. The molecule has 0 saturated carbocycles. The summed E-state index contributed by atoms with van der Waals surface area (Å²) < 4.78 is 6.84. The first kappa shape index (κ1) is 14.6. The van der Waals surface area contributed by atoms with Crippen molar-refractivity contribution >= 4 is 22.9 Å². The maximum atomic E-state index is 6.15. The number of hydrogen-bond donors (Lipinski definition) is 1. The summed E-state index contributed by atoms with van der Waals surface area (Å²) in [6.45, 7) is 2.69. The zero-order valence-corrected chi connectivity index (χ0v) is 13.1. The van der Waals surface area contributed by atoms with E-state index in [1.54, 1.807) is 18.0 Å². The third kappa shape index (κ3) is 2.82. The van der Waals surface area contributed by atoms with Gasteiger partial charge < -0.3 is 10.1 Å². The minimum atomic E-state index is 0.596. The van der Waals surface area contributed by atoms with Gasteiger partial charge in [-0.15, -0.1) is 10.2 Å². The van der Waals surface area contributed by atoms with Crippen LogP contribution in [0.15, 0.2) is 30.6 Å². The molecule has 0 aliphatic heterocycles. The SMILES string of the molecule is CCc1cc(NCc2ccc(OC)c(Cl)c2)c2nncn2n1. The van der Waals surface area contributed by atoms with Crippen LogP contribution in [-0.4, -0.2) is 26.9 Å². The average molecular weight is 318 g/mol. The van der Waals surface area contributed by atoms with Crippen molar-refractivity contribution < 1.29 is 4.74 Å². The molecule has 2 heterocycles. The van der Waals surface area contributed by atoms with Gasteiger partial charge in [-0.1, -0.05) is 24.6 Å². The second-order valence-corrected chi connectivity index (χ2v) is 5.23. The van der Waals surface area contributed by atoms with Gasteiger partial charge in [0, 0.05) is 6.54 Å². The van der Waals surface area contributed by atoms with E-state index in [1.807, 2.05) is 24.3 Å². The molecule has 0 bridgehead atoms. The number of fused-ring (bicyclic) bond motifs is 1. The van der Waals surface area contributed by atoms with E-state index in [-0.39, 0.29) is 0 Å². The third-order valence-corrected chi connectivity index (χ3v) is 3.68. The summed E-state index contributed by atoms with van der Waals surface area (Å²) in [6.07, 6.45) is 2.45. The Balaban J connectivity index is 1.84. The normalized spacial score (nSPS) is 10.9. The summed E-state index contributed by atoms with van der Waals surface area (Å²) in [7, 11) is 1.60. The topological polar surface area (TPSA) is 64.3 Å². The van der Waals surface area contributed by atoms with Crippen molar-refractivity contribution in [3.05, 3.63) is 46.9 Å². The molecule has 0 amide bonds. The van der Waals surface area contributed by atoms with Gasteiger partial charge in [-0.25, -0.2) is 0 Å². The Hall–Kier alpha value is -2.34. The number of nitrogens with one attached hydrogen (secondary N) is 1. The lowest BCUT2D eigenvalue weighted by atomic mass is 10.2. The second kappa shape index (κ2) is 6.19. The van der Waals surface area contributed by atoms with Gasteiger partial charge in [-0.3, -0.25) is 0 Å². The summed E-state index contributed by atoms with van der Waals surface area (Å²) >= 11 is 6.15. The molecule has 114 valence electrons. The molecule has 0 aliphatic rings. The molecule has 0 spiro atoms. The van der Waals surface area contributed by atoms with Crippen LogP contribution in [0.2, 0.25) is 5.02 Å². The van der Waals surface area contributed by atoms with Crippen LogP contribution in [0.4, 0.5) is 5.69 Å². The number of methoxy groups -OCH3 is 1. The number of rotatable bonds is 5. The van der Waals surface area contributed by atoms with Gasteiger partial charge in [-0.2, -0.15) is 9.61 Å². The third-order valence-electron chi connectivity index (χ3n) is 3.38. The van der Waals surface area contributed by atoms with Gasteiger partial charge >= 0.3 is 0 Å². The zero-order valence-electron chi connectivity index (χ0n) is 12.4. The lowest BCUT2D eigenvalue weighted by Gasteiger charge is -2.10. The Labute approximate surface area is 133 Å². The van der Waals surface area contributed by atoms with E-state index in [0.717, 1.165) is 23.4 Å². The molecule has 6 nitrogen and oxygen atoms in total. The maximum Gasteiger partial charge on any atom is 0.200 e. The van der Waals surface area contributed by atoms with E-state index >= 15 is 0 Å². The second-order valence-electron chi connectivity index (χ2n) is 4.82. The van der Waals surface area contributed by atoms with E-state index in [4.69, 9.17) is 16.3 Å². The predicted octanol–water partition coefficient (Wildman–Crippen LogP) is 2.96. The fourth-order valence-corrected chi connectivity index (χ4v) is 2.48. The Bertz CT molecular complexity index is 802. The summed E-state index contributed by atoms with van der Waals surface area (Å²) in [5.74, 6) is 0.669. The minimum Gasteiger partial charge on any atom is -0.495 e. The molecule has 1 aromatic carbocycles. The summed E-state index contributed by atoms with van der Waals surface area (Å²) in [6, 6.07) is 7.71. The zero-order chi connectivity index (χ0) is 15.5. The first-order chi connectivity index (χ1) is 10.7. The Morgan fingerprint density at radius 2 is 2.18 bits per heavy atom. The maximum absolute atomic E-state index is 6.15. The molecule has 0 atom stereocenters. The molecule has 22 heavy (non-hydrogen) atoms. The van der Waals surface area contributed by atoms with Crippen molar-refractivity contribution in [3.63, 3.8) is 0 Å². The van der Waals surface area contributed by atoms with E-state index in [9.17, 15) is 0 Å². The number of halogens is 1. The van der Waals surface area contributed by atoms with Gasteiger partial charge in [0.05, 0.1) is 23.5 Å². The number of aryl methyl sites for hydroxylation is 1. The van der Waals surface area contributed by atoms with Crippen LogP contribution in [0, 0.1) is 0 Å². The molecule has 0 aliphatic carbocycles. The molecule has 0 radical (unpaired) electrons. The highest BCUT2D eigenvalue weighted by molar-refractivity contribution is 6.32. The van der Waals surface area contributed by atoms with Crippen molar-refractivity contribution in [2.75, 3.05) is 12.4 Å². The van der Waals surface area contributed by atoms with Crippen LogP contribution in [0.5, 0.6) is 5.75 Å². The molecule has 0 fully saturated rings. The molecule has 0 unspecified atom stereocenters. The van der Waals surface area contributed by atoms with Crippen molar-refractivity contribution in [2.45, 2.75) is 19.9 Å². The molecule has 1 N–H and O–H groups in total. The highest BCUT2D eigenvalue weighted by atomic mass is 35.5. The van der Waals surface area contributed by atoms with Gasteiger partial charge in [0.2, 0.25) is 5.65 Å². The fourth-order valence-electron chi connectivity index (χ4n) is 2.20. The van der Waals surface area contributed by atoms with Crippen LogP contribution in [-0.2, 0) is 13.0 Å². The number of anilines is 1. The summed E-state index contributed by atoms with van der Waals surface area (Å²) in [5.41, 5.74) is 3.63. The van der Waals surface area contributed by atoms with Crippen LogP contribution in [0.3, 0.4) is 0 Å². The first-order valence-corrected chi connectivity index (χ1v) is 7.35. The van der Waals surface area contributed by atoms with Gasteiger partial charge in [-0.05, 0) is 30.2 Å². The van der Waals surface area contributed by atoms with Gasteiger partial charge in [0.15, 0.2) is 0 Å². The Morgan fingerprint density at radius 3 is 2.91 bits per heavy atom. The summed E-state index contributed by atoms with van der Waals surface area (Å²) in [5, 5.41) is 16.4. The summed E-state index contributed by atoms with van der Waals surface area (Å²) in [4.78, 5) is 0. The largest absolute Gasteiger partial charge is 0.495 e. The molecular formula is C15H16ClN5O. The van der Waals surface area contributed by atoms with E-state index in [2.05, 4.69) is 27.5 Å². The number of hydrogen-bond acceptors (Lipinski definition) is 5. The molecule has 3 aromatic rings. The highest BCUT2D eigenvalue weighted by Crippen LogP contribution is 2.25. The van der Waals surface area contributed by atoms with Crippen molar-refractivity contribution in [2.24, 2.45) is 0 Å². The number of benzene rings is 1. The van der Waals surface area contributed by atoms with Crippen molar-refractivity contribution in [3.8, 4) is 5.75 Å². The van der Waals surface area contributed by atoms with Gasteiger partial charge in [0.25, 0.3) is 0 Å². The molecule has 3 rings (SSSR count). The first-order valence-electron chi connectivity index (χ1n) is 6.97. The number of ether oxygens (including phenoxy) is 1. The Morgan fingerprint density at radius 1 is 1.32 bits per heavy atom. The lowest BCUT2D eigenvalue weighted by Crippen LogP contribution is -2.05. The molecule has 2 aromatic heterocycles. The Kier molecular flexibility index (Phi) is 4.11. The standard InChI is InChI=1S/C15H16ClN5O/c1-3-11-7-13(15-19-18-9-21(15)20-11)17-8-10-4-5-14(22-2)12(16)6-10/h4-7,9,17H,3,8H2,1-2H3. The average Bonchev–Trinajstić information content (AvgIpc) is 3.01. The van der Waals surface area contributed by atoms with Crippen LogP contribution in [0.25, 0.3) is 5.65 Å². The van der Waals surface area contributed by atoms with E-state index < -0.39 is 0 Å². The lowest BCUT2D eigenvalue weighted by molar-refractivity contribution is 0.415. The van der Waals surface area contributed by atoms with Gasteiger partial charge in [0.1, 0.15) is 12.1 Å². The molecular weight excluding hydrogens is 302 g/mol. The smallest absolute Gasteiger partial charge is 0.200 e. The van der Waals surface area contributed by atoms with E-state index in [1.165, 1.54) is 0 Å². The van der Waals surface area contributed by atoms with Crippen molar-refractivity contribution in [1.82, 2.24) is 19.8 Å². The number of nitrogens with zero attached hydrogens (tertiary/aromatic N) is 4. The monoisotopic (exact) mass is 317 g/mol.